The number of aliphatic imine (C=N–C) groups is 1. The minimum atomic E-state index is -0.406. The molecule has 0 saturated carbocycles. The standard InChI is InChI=1S/C21H12BrN3O2S/c22-14-5-6-18-12(7-14)8-16(21(26)27-18)20-25-19(11-28-20)24-10-13-9-23-17-4-2-1-3-15(13)17/h1-11,23H/b24-10+. The Labute approximate surface area is 171 Å². The Bertz CT molecular complexity index is 1410. The zero-order valence-corrected chi connectivity index (χ0v) is 16.8. The molecule has 7 heteroatoms. The molecule has 0 spiro atoms. The SMILES string of the molecule is O=c1oc2ccc(Br)cc2cc1-c1nc(/N=C/c2c[nH]c3ccccc23)cs1. The maximum absolute atomic E-state index is 12.4. The molecule has 5 aromatic rings. The van der Waals surface area contributed by atoms with E-state index in [0.29, 0.717) is 22.0 Å². The minimum Gasteiger partial charge on any atom is -0.422 e. The quantitative estimate of drug-likeness (QED) is 0.274. The number of aromatic amines is 1. The second kappa shape index (κ2) is 6.85. The molecule has 0 aliphatic carbocycles. The Hall–Kier alpha value is -3.03. The largest absolute Gasteiger partial charge is 0.422 e. The van der Waals surface area contributed by atoms with Gasteiger partial charge in [-0.25, -0.2) is 14.8 Å². The fourth-order valence-electron chi connectivity index (χ4n) is 3.03. The van der Waals surface area contributed by atoms with Crippen molar-refractivity contribution in [3.8, 4) is 10.6 Å². The van der Waals surface area contributed by atoms with Gasteiger partial charge < -0.3 is 9.40 Å². The first-order valence-electron chi connectivity index (χ1n) is 8.47. The summed E-state index contributed by atoms with van der Waals surface area (Å²) in [6.45, 7) is 0. The number of rotatable bonds is 3. The molecule has 0 amide bonds. The van der Waals surface area contributed by atoms with Gasteiger partial charge in [-0.1, -0.05) is 34.1 Å². The lowest BCUT2D eigenvalue weighted by molar-refractivity contribution is 0.563. The molecule has 0 atom stereocenters. The minimum absolute atomic E-state index is 0.406. The second-order valence-corrected chi connectivity index (χ2v) is 7.96. The number of H-pyrrole nitrogens is 1. The average Bonchev–Trinajstić information content (AvgIpc) is 3.33. The zero-order valence-electron chi connectivity index (χ0n) is 14.3. The third kappa shape index (κ3) is 3.08. The van der Waals surface area contributed by atoms with Gasteiger partial charge in [-0.3, -0.25) is 0 Å². The van der Waals surface area contributed by atoms with Crippen LogP contribution in [-0.4, -0.2) is 16.2 Å². The number of fused-ring (bicyclic) bond motifs is 2. The fourth-order valence-corrected chi connectivity index (χ4v) is 4.15. The van der Waals surface area contributed by atoms with Crippen LogP contribution < -0.4 is 5.63 Å². The van der Waals surface area contributed by atoms with Gasteiger partial charge in [0.25, 0.3) is 0 Å². The van der Waals surface area contributed by atoms with Crippen molar-refractivity contribution < 1.29 is 4.42 Å². The van der Waals surface area contributed by atoms with E-state index in [-0.39, 0.29) is 0 Å². The molecule has 0 saturated heterocycles. The third-order valence-corrected chi connectivity index (χ3v) is 5.73. The van der Waals surface area contributed by atoms with E-state index in [4.69, 9.17) is 4.42 Å². The molecule has 5 nitrogen and oxygen atoms in total. The molecule has 0 bridgehead atoms. The Morgan fingerprint density at radius 2 is 2.07 bits per heavy atom. The summed E-state index contributed by atoms with van der Waals surface area (Å²) in [7, 11) is 0. The van der Waals surface area contributed by atoms with Crippen molar-refractivity contribution in [2.75, 3.05) is 0 Å². The molecule has 1 N–H and O–H groups in total. The number of hydrogen-bond acceptors (Lipinski definition) is 5. The van der Waals surface area contributed by atoms with E-state index in [2.05, 4.69) is 30.9 Å². The molecule has 0 aliphatic heterocycles. The normalized spacial score (nSPS) is 11.8. The van der Waals surface area contributed by atoms with Crippen LogP contribution in [0.25, 0.3) is 32.4 Å². The van der Waals surface area contributed by atoms with Crippen LogP contribution in [0.1, 0.15) is 5.56 Å². The second-order valence-electron chi connectivity index (χ2n) is 6.19. The summed E-state index contributed by atoms with van der Waals surface area (Å²) in [5, 5.41) is 4.35. The van der Waals surface area contributed by atoms with E-state index in [0.717, 1.165) is 26.3 Å². The average molecular weight is 450 g/mol. The van der Waals surface area contributed by atoms with Crippen LogP contribution in [0, 0.1) is 0 Å². The van der Waals surface area contributed by atoms with Crippen LogP contribution in [-0.2, 0) is 0 Å². The summed E-state index contributed by atoms with van der Waals surface area (Å²) in [5.41, 5.74) is 2.62. The summed E-state index contributed by atoms with van der Waals surface area (Å²) in [6.07, 6.45) is 3.69. The molecule has 28 heavy (non-hydrogen) atoms. The van der Waals surface area contributed by atoms with Crippen LogP contribution in [0.3, 0.4) is 0 Å². The van der Waals surface area contributed by atoms with Gasteiger partial charge in [-0.05, 0) is 30.3 Å². The number of halogens is 1. The van der Waals surface area contributed by atoms with Crippen molar-refractivity contribution in [2.45, 2.75) is 0 Å². The van der Waals surface area contributed by atoms with Crippen molar-refractivity contribution in [2.24, 2.45) is 4.99 Å². The number of hydrogen-bond donors (Lipinski definition) is 1. The number of para-hydroxylation sites is 1. The van der Waals surface area contributed by atoms with Gasteiger partial charge in [0.1, 0.15) is 10.6 Å². The first-order chi connectivity index (χ1) is 13.7. The molecule has 0 fully saturated rings. The lowest BCUT2D eigenvalue weighted by Gasteiger charge is -2.00. The number of nitrogens with one attached hydrogen (secondary N) is 1. The van der Waals surface area contributed by atoms with Crippen LogP contribution in [0.5, 0.6) is 0 Å². The fraction of sp³-hybridized carbons (Fsp3) is 0. The van der Waals surface area contributed by atoms with Gasteiger partial charge in [0.05, 0.1) is 5.56 Å². The third-order valence-electron chi connectivity index (χ3n) is 4.37. The summed E-state index contributed by atoms with van der Waals surface area (Å²) < 4.78 is 6.35. The molecule has 3 aromatic heterocycles. The Morgan fingerprint density at radius 3 is 3.00 bits per heavy atom. The van der Waals surface area contributed by atoms with E-state index in [9.17, 15) is 4.79 Å². The molecule has 136 valence electrons. The lowest BCUT2D eigenvalue weighted by atomic mass is 10.2. The molecule has 3 heterocycles. The van der Waals surface area contributed by atoms with Gasteiger partial charge >= 0.3 is 5.63 Å². The smallest absolute Gasteiger partial charge is 0.346 e. The predicted octanol–water partition coefficient (Wildman–Crippen LogP) is 5.91. The number of nitrogens with zero attached hydrogens (tertiary/aromatic N) is 2. The van der Waals surface area contributed by atoms with Crippen molar-refractivity contribution in [3.05, 3.63) is 80.6 Å². The van der Waals surface area contributed by atoms with Gasteiger partial charge in [0, 0.05) is 44.1 Å². The van der Waals surface area contributed by atoms with Crippen molar-refractivity contribution in [3.63, 3.8) is 0 Å². The van der Waals surface area contributed by atoms with E-state index >= 15 is 0 Å². The van der Waals surface area contributed by atoms with Gasteiger partial charge in [-0.15, -0.1) is 11.3 Å². The topological polar surface area (TPSA) is 71.2 Å². The van der Waals surface area contributed by atoms with Gasteiger partial charge in [-0.2, -0.15) is 0 Å². The van der Waals surface area contributed by atoms with Gasteiger partial charge in [0.15, 0.2) is 5.82 Å². The highest BCUT2D eigenvalue weighted by molar-refractivity contribution is 9.10. The van der Waals surface area contributed by atoms with Gasteiger partial charge in [0.2, 0.25) is 0 Å². The highest BCUT2D eigenvalue weighted by atomic mass is 79.9. The van der Waals surface area contributed by atoms with Crippen LogP contribution in [0.2, 0.25) is 0 Å². The summed E-state index contributed by atoms with van der Waals surface area (Å²) >= 11 is 4.80. The van der Waals surface area contributed by atoms with Crippen LogP contribution >= 0.6 is 27.3 Å². The number of aromatic nitrogens is 2. The Balaban J connectivity index is 1.50. The molecule has 0 radical (unpaired) electrons. The highest BCUT2D eigenvalue weighted by Gasteiger charge is 2.12. The van der Waals surface area contributed by atoms with Crippen LogP contribution in [0.15, 0.2) is 78.8 Å². The zero-order chi connectivity index (χ0) is 19.1. The van der Waals surface area contributed by atoms with Crippen molar-refractivity contribution in [1.29, 1.82) is 0 Å². The van der Waals surface area contributed by atoms with Crippen molar-refractivity contribution >= 4 is 61.2 Å². The molecular weight excluding hydrogens is 438 g/mol. The van der Waals surface area contributed by atoms with E-state index in [1.165, 1.54) is 11.3 Å². The monoisotopic (exact) mass is 449 g/mol. The Kier molecular flexibility index (Phi) is 4.18. The first-order valence-corrected chi connectivity index (χ1v) is 10.1. The molecule has 2 aromatic carbocycles. The highest BCUT2D eigenvalue weighted by Crippen LogP contribution is 2.28. The molecule has 5 rings (SSSR count). The van der Waals surface area contributed by atoms with E-state index in [1.54, 1.807) is 18.3 Å². The first kappa shape index (κ1) is 17.1. The molecule has 0 aliphatic rings. The Morgan fingerprint density at radius 1 is 1.18 bits per heavy atom. The number of thiazole rings is 1. The summed E-state index contributed by atoms with van der Waals surface area (Å²) in [6, 6.07) is 15.4. The summed E-state index contributed by atoms with van der Waals surface area (Å²) in [4.78, 5) is 24.5. The molecule has 0 unspecified atom stereocenters. The summed E-state index contributed by atoms with van der Waals surface area (Å²) in [5.74, 6) is 0.555. The predicted molar refractivity (Wildman–Crippen MR) is 117 cm³/mol. The van der Waals surface area contributed by atoms with E-state index in [1.807, 2.05) is 48.0 Å². The van der Waals surface area contributed by atoms with Crippen molar-refractivity contribution in [1.82, 2.24) is 9.97 Å². The molecular formula is C21H12BrN3O2S. The van der Waals surface area contributed by atoms with Crippen LogP contribution in [0.4, 0.5) is 5.82 Å². The van der Waals surface area contributed by atoms with E-state index < -0.39 is 5.63 Å². The lowest BCUT2D eigenvalue weighted by Crippen LogP contribution is -2.02. The maximum atomic E-state index is 12.4. The maximum Gasteiger partial charge on any atom is 0.346 e. The number of benzene rings is 2.